The molecule has 0 radical (unpaired) electrons. The second-order valence-electron chi connectivity index (χ2n) is 5.36. The zero-order chi connectivity index (χ0) is 13.7. The Morgan fingerprint density at radius 1 is 0.650 bits per heavy atom. The van der Waals surface area contributed by atoms with E-state index >= 15 is 0 Å². The molecule has 0 aliphatic carbocycles. The fourth-order valence-corrected chi connectivity index (χ4v) is 3.25. The Morgan fingerprint density at radius 2 is 1.25 bits per heavy atom. The summed E-state index contributed by atoms with van der Waals surface area (Å²) in [7, 11) is 0. The van der Waals surface area contributed by atoms with Gasteiger partial charge in [-0.3, -0.25) is 4.98 Å². The molecule has 1 aromatic heterocycles. The summed E-state index contributed by atoms with van der Waals surface area (Å²) in [6.07, 6.45) is 2.02. The van der Waals surface area contributed by atoms with Gasteiger partial charge in [-0.25, -0.2) is 0 Å². The molecule has 4 rings (SSSR count). The predicted octanol–water partition coefficient (Wildman–Crippen LogP) is 5.16. The highest BCUT2D eigenvalue weighted by Crippen LogP contribution is 2.35. The minimum absolute atomic E-state index is 1.07. The summed E-state index contributed by atoms with van der Waals surface area (Å²) in [5.41, 5.74) is 3.73. The smallest absolute Gasteiger partial charge is 0.0708 e. The predicted molar refractivity (Wildman–Crippen MR) is 86.2 cm³/mol. The van der Waals surface area contributed by atoms with Crippen LogP contribution in [-0.2, 0) is 0 Å². The molecular formula is C19H15N. The SMILES string of the molecule is Cc1c2ccccc2c(C)c2c1cnc1ccccc12. The number of pyridine rings is 1. The van der Waals surface area contributed by atoms with Crippen LogP contribution in [0.4, 0.5) is 0 Å². The first-order chi connectivity index (χ1) is 9.77. The van der Waals surface area contributed by atoms with Crippen molar-refractivity contribution in [2.45, 2.75) is 13.8 Å². The number of aryl methyl sites for hydroxylation is 2. The minimum atomic E-state index is 1.07. The van der Waals surface area contributed by atoms with E-state index in [2.05, 4.69) is 61.3 Å². The number of fused-ring (bicyclic) bond motifs is 4. The summed E-state index contributed by atoms with van der Waals surface area (Å²) in [6, 6.07) is 17.0. The van der Waals surface area contributed by atoms with Crippen molar-refractivity contribution in [3.05, 3.63) is 65.9 Å². The molecule has 0 saturated carbocycles. The van der Waals surface area contributed by atoms with Crippen LogP contribution in [0.2, 0.25) is 0 Å². The van der Waals surface area contributed by atoms with Crippen molar-refractivity contribution in [1.29, 1.82) is 0 Å². The number of aromatic nitrogens is 1. The summed E-state index contributed by atoms with van der Waals surface area (Å²) in [6.45, 7) is 4.41. The van der Waals surface area contributed by atoms with Gasteiger partial charge >= 0.3 is 0 Å². The Hall–Kier alpha value is -2.41. The van der Waals surface area contributed by atoms with Crippen molar-refractivity contribution in [3.63, 3.8) is 0 Å². The molecule has 0 unspecified atom stereocenters. The maximum atomic E-state index is 4.62. The molecule has 0 spiro atoms. The van der Waals surface area contributed by atoms with Crippen molar-refractivity contribution in [2.24, 2.45) is 0 Å². The minimum Gasteiger partial charge on any atom is -0.256 e. The van der Waals surface area contributed by atoms with Gasteiger partial charge in [-0.05, 0) is 47.2 Å². The second-order valence-corrected chi connectivity index (χ2v) is 5.36. The van der Waals surface area contributed by atoms with Gasteiger partial charge in [0.15, 0.2) is 0 Å². The Bertz CT molecular complexity index is 967. The topological polar surface area (TPSA) is 12.9 Å². The number of benzene rings is 3. The standard InChI is InChI=1S/C19H15N/c1-12-14-7-3-4-8-15(14)13(2)19-16-9-5-6-10-18(16)20-11-17(12)19/h3-11H,1-2H3. The third-order valence-corrected chi connectivity index (χ3v) is 4.29. The third kappa shape index (κ3) is 1.41. The largest absolute Gasteiger partial charge is 0.256 e. The molecule has 20 heavy (non-hydrogen) atoms. The monoisotopic (exact) mass is 257 g/mol. The zero-order valence-electron chi connectivity index (χ0n) is 11.6. The van der Waals surface area contributed by atoms with E-state index in [1.54, 1.807) is 0 Å². The summed E-state index contributed by atoms with van der Waals surface area (Å²) >= 11 is 0. The van der Waals surface area contributed by atoms with Gasteiger partial charge in [-0.2, -0.15) is 0 Å². The van der Waals surface area contributed by atoms with Crippen LogP contribution in [0.1, 0.15) is 11.1 Å². The fraction of sp³-hybridized carbons (Fsp3) is 0.105. The van der Waals surface area contributed by atoms with E-state index in [0.29, 0.717) is 0 Å². The molecular weight excluding hydrogens is 242 g/mol. The van der Waals surface area contributed by atoms with E-state index in [9.17, 15) is 0 Å². The highest BCUT2D eigenvalue weighted by atomic mass is 14.6. The highest BCUT2D eigenvalue weighted by molar-refractivity contribution is 6.15. The van der Waals surface area contributed by atoms with Crippen molar-refractivity contribution in [2.75, 3.05) is 0 Å². The first-order valence-electron chi connectivity index (χ1n) is 6.93. The molecule has 1 nitrogen and oxygen atoms in total. The Kier molecular flexibility index (Phi) is 2.31. The highest BCUT2D eigenvalue weighted by Gasteiger charge is 2.11. The molecule has 0 aliphatic heterocycles. The van der Waals surface area contributed by atoms with Crippen molar-refractivity contribution in [1.82, 2.24) is 4.98 Å². The van der Waals surface area contributed by atoms with Gasteiger partial charge in [-0.1, -0.05) is 42.5 Å². The average Bonchev–Trinajstić information content (AvgIpc) is 2.51. The first kappa shape index (κ1) is 11.4. The molecule has 96 valence electrons. The molecule has 0 amide bonds. The Labute approximate surface area is 117 Å². The second kappa shape index (κ2) is 4.04. The number of para-hydroxylation sites is 1. The summed E-state index contributed by atoms with van der Waals surface area (Å²) in [5, 5.41) is 6.52. The van der Waals surface area contributed by atoms with E-state index in [1.807, 2.05) is 12.3 Å². The molecule has 1 heterocycles. The summed E-state index contributed by atoms with van der Waals surface area (Å²) in [5.74, 6) is 0. The molecule has 0 fully saturated rings. The third-order valence-electron chi connectivity index (χ3n) is 4.29. The van der Waals surface area contributed by atoms with E-state index in [-0.39, 0.29) is 0 Å². The molecule has 4 aromatic rings. The summed E-state index contributed by atoms with van der Waals surface area (Å²) < 4.78 is 0. The van der Waals surface area contributed by atoms with Crippen LogP contribution in [-0.4, -0.2) is 4.98 Å². The molecule has 0 atom stereocenters. The van der Waals surface area contributed by atoms with E-state index in [1.165, 1.54) is 38.1 Å². The lowest BCUT2D eigenvalue weighted by atomic mass is 9.92. The molecule has 0 N–H and O–H groups in total. The lowest BCUT2D eigenvalue weighted by Gasteiger charge is -2.13. The summed E-state index contributed by atoms with van der Waals surface area (Å²) in [4.78, 5) is 4.62. The number of hydrogen-bond acceptors (Lipinski definition) is 1. The molecule has 0 saturated heterocycles. The maximum absolute atomic E-state index is 4.62. The number of nitrogens with zero attached hydrogens (tertiary/aromatic N) is 1. The molecule has 0 aliphatic rings. The van der Waals surface area contributed by atoms with Gasteiger partial charge < -0.3 is 0 Å². The molecule has 0 bridgehead atoms. The van der Waals surface area contributed by atoms with E-state index in [0.717, 1.165) is 5.52 Å². The van der Waals surface area contributed by atoms with Gasteiger partial charge in [0.2, 0.25) is 0 Å². The van der Waals surface area contributed by atoms with Gasteiger partial charge in [0.25, 0.3) is 0 Å². The maximum Gasteiger partial charge on any atom is 0.0708 e. The van der Waals surface area contributed by atoms with Crippen LogP contribution in [0.15, 0.2) is 54.7 Å². The average molecular weight is 257 g/mol. The van der Waals surface area contributed by atoms with Crippen LogP contribution < -0.4 is 0 Å². The van der Waals surface area contributed by atoms with Crippen LogP contribution in [0.25, 0.3) is 32.4 Å². The van der Waals surface area contributed by atoms with Gasteiger partial charge in [0.1, 0.15) is 0 Å². The van der Waals surface area contributed by atoms with Crippen LogP contribution >= 0.6 is 0 Å². The zero-order valence-corrected chi connectivity index (χ0v) is 11.6. The Morgan fingerprint density at radius 3 is 2.00 bits per heavy atom. The first-order valence-corrected chi connectivity index (χ1v) is 6.93. The van der Waals surface area contributed by atoms with E-state index in [4.69, 9.17) is 0 Å². The van der Waals surface area contributed by atoms with Crippen molar-refractivity contribution in [3.8, 4) is 0 Å². The van der Waals surface area contributed by atoms with Crippen LogP contribution in [0, 0.1) is 13.8 Å². The molecule has 1 heteroatoms. The Balaban J connectivity index is 2.38. The quantitative estimate of drug-likeness (QED) is 0.313. The van der Waals surface area contributed by atoms with Crippen molar-refractivity contribution < 1.29 is 0 Å². The number of hydrogen-bond donors (Lipinski definition) is 0. The fourth-order valence-electron chi connectivity index (χ4n) is 3.25. The normalized spacial score (nSPS) is 11.5. The number of rotatable bonds is 0. The lowest BCUT2D eigenvalue weighted by Crippen LogP contribution is -1.91. The van der Waals surface area contributed by atoms with Gasteiger partial charge in [-0.15, -0.1) is 0 Å². The van der Waals surface area contributed by atoms with Crippen molar-refractivity contribution >= 4 is 32.4 Å². The van der Waals surface area contributed by atoms with Crippen LogP contribution in [0.5, 0.6) is 0 Å². The van der Waals surface area contributed by atoms with Gasteiger partial charge in [0.05, 0.1) is 5.52 Å². The lowest BCUT2D eigenvalue weighted by molar-refractivity contribution is 1.42. The van der Waals surface area contributed by atoms with Crippen LogP contribution in [0.3, 0.4) is 0 Å². The van der Waals surface area contributed by atoms with Gasteiger partial charge in [0, 0.05) is 17.0 Å². The molecule has 3 aromatic carbocycles. The van der Waals surface area contributed by atoms with E-state index < -0.39 is 0 Å².